The summed E-state index contributed by atoms with van der Waals surface area (Å²) in [4.78, 5) is 16.4. The Kier molecular flexibility index (Phi) is 5.08. The lowest BCUT2D eigenvalue weighted by Crippen LogP contribution is -2.30. The summed E-state index contributed by atoms with van der Waals surface area (Å²) < 4.78 is 5.04. The van der Waals surface area contributed by atoms with E-state index in [4.69, 9.17) is 10.6 Å². The van der Waals surface area contributed by atoms with E-state index in [-0.39, 0.29) is 11.8 Å². The first-order valence-electron chi connectivity index (χ1n) is 6.79. The van der Waals surface area contributed by atoms with Crippen LogP contribution in [0.3, 0.4) is 0 Å². The Morgan fingerprint density at radius 2 is 2.19 bits per heavy atom. The molecule has 6 heteroatoms. The molecular weight excluding hydrogens is 268 g/mol. The number of nitrogens with one attached hydrogen (secondary N) is 2. The molecule has 2 aromatic rings. The van der Waals surface area contributed by atoms with Crippen molar-refractivity contribution in [1.29, 1.82) is 0 Å². The number of pyridine rings is 1. The molecule has 6 nitrogen and oxygen atoms in total. The predicted octanol–water partition coefficient (Wildman–Crippen LogP) is 1.53. The first-order chi connectivity index (χ1) is 10.2. The summed E-state index contributed by atoms with van der Waals surface area (Å²) in [6.45, 7) is 3.14. The van der Waals surface area contributed by atoms with Crippen LogP contribution >= 0.6 is 0 Å². The van der Waals surface area contributed by atoms with Crippen LogP contribution in [0.5, 0.6) is 0 Å². The van der Waals surface area contributed by atoms with Crippen molar-refractivity contribution in [2.45, 2.75) is 6.92 Å². The van der Waals surface area contributed by atoms with Gasteiger partial charge in [0.2, 0.25) is 0 Å². The summed E-state index contributed by atoms with van der Waals surface area (Å²) in [5, 5.41) is 4.64. The number of nitrogens with zero attached hydrogens (tertiary/aromatic N) is 1. The lowest BCUT2D eigenvalue weighted by Gasteiger charge is -2.12. The van der Waals surface area contributed by atoms with Gasteiger partial charge in [-0.15, -0.1) is 0 Å². The maximum absolute atomic E-state index is 12.2. The minimum absolute atomic E-state index is 0.222. The van der Waals surface area contributed by atoms with E-state index in [1.54, 1.807) is 13.2 Å². The largest absolute Gasteiger partial charge is 0.384 e. The van der Waals surface area contributed by atoms with E-state index in [9.17, 15) is 4.79 Å². The minimum atomic E-state index is -0.222. The normalized spacial score (nSPS) is 12.1. The van der Waals surface area contributed by atoms with Crippen LogP contribution in [0.4, 0.5) is 5.82 Å². The van der Waals surface area contributed by atoms with Crippen LogP contribution in [0.2, 0.25) is 0 Å². The molecule has 0 spiro atoms. The van der Waals surface area contributed by atoms with Gasteiger partial charge in [-0.2, -0.15) is 0 Å². The van der Waals surface area contributed by atoms with Gasteiger partial charge in [0, 0.05) is 19.0 Å². The molecule has 1 unspecified atom stereocenters. The molecule has 1 heterocycles. The highest BCUT2D eigenvalue weighted by Crippen LogP contribution is 2.21. The second-order valence-electron chi connectivity index (χ2n) is 4.99. The monoisotopic (exact) mass is 288 g/mol. The number of methoxy groups -OCH3 is 1. The Morgan fingerprint density at radius 3 is 2.90 bits per heavy atom. The number of fused-ring (bicyclic) bond motifs is 1. The number of ether oxygens (including phenoxy) is 1. The molecule has 0 aliphatic heterocycles. The number of rotatable bonds is 6. The third-order valence-electron chi connectivity index (χ3n) is 3.17. The van der Waals surface area contributed by atoms with Gasteiger partial charge in [0.05, 0.1) is 6.61 Å². The van der Waals surface area contributed by atoms with Gasteiger partial charge in [-0.3, -0.25) is 4.79 Å². The number of anilines is 1. The van der Waals surface area contributed by atoms with Crippen molar-refractivity contribution in [1.82, 2.24) is 10.3 Å². The van der Waals surface area contributed by atoms with Gasteiger partial charge in [0.15, 0.2) is 0 Å². The number of aromatic nitrogens is 1. The van der Waals surface area contributed by atoms with Crippen LogP contribution in [-0.2, 0) is 4.74 Å². The van der Waals surface area contributed by atoms with Crippen LogP contribution < -0.4 is 16.6 Å². The van der Waals surface area contributed by atoms with Gasteiger partial charge < -0.3 is 15.5 Å². The van der Waals surface area contributed by atoms with Crippen molar-refractivity contribution in [2.75, 3.05) is 25.7 Å². The molecular formula is C15H20N4O2. The molecule has 2 rings (SSSR count). The molecule has 0 radical (unpaired) electrons. The van der Waals surface area contributed by atoms with Crippen molar-refractivity contribution in [3.63, 3.8) is 0 Å². The molecule has 112 valence electrons. The van der Waals surface area contributed by atoms with Crippen molar-refractivity contribution in [3.05, 3.63) is 36.0 Å². The van der Waals surface area contributed by atoms with Gasteiger partial charge in [0.1, 0.15) is 11.5 Å². The number of hydrogen-bond acceptors (Lipinski definition) is 5. The number of hydrogen-bond donors (Lipinski definition) is 3. The van der Waals surface area contributed by atoms with E-state index in [1.807, 2.05) is 31.2 Å². The molecule has 4 N–H and O–H groups in total. The number of benzene rings is 1. The number of hydrazine groups is 1. The fourth-order valence-electron chi connectivity index (χ4n) is 2.13. The second kappa shape index (κ2) is 7.01. The smallest absolute Gasteiger partial charge is 0.270 e. The first-order valence-corrected chi connectivity index (χ1v) is 6.79. The van der Waals surface area contributed by atoms with E-state index in [0.717, 1.165) is 10.8 Å². The van der Waals surface area contributed by atoms with Crippen LogP contribution in [0, 0.1) is 5.92 Å². The Bertz CT molecular complexity index is 630. The SMILES string of the molecule is COCC(C)CNC(=O)c1cc2ccccc2c(NN)n1. The maximum Gasteiger partial charge on any atom is 0.270 e. The second-order valence-corrected chi connectivity index (χ2v) is 4.99. The lowest BCUT2D eigenvalue weighted by molar-refractivity contribution is 0.0929. The average Bonchev–Trinajstić information content (AvgIpc) is 2.51. The molecule has 1 aromatic heterocycles. The standard InChI is InChI=1S/C15H20N4O2/c1-10(9-21-2)8-17-15(20)13-7-11-5-3-4-6-12(11)14(18-13)19-16/h3-7,10H,8-9,16H2,1-2H3,(H,17,20)(H,18,19). The molecule has 1 amide bonds. The van der Waals surface area contributed by atoms with E-state index in [2.05, 4.69) is 15.7 Å². The average molecular weight is 288 g/mol. The van der Waals surface area contributed by atoms with Crippen molar-refractivity contribution < 1.29 is 9.53 Å². The summed E-state index contributed by atoms with van der Waals surface area (Å²) >= 11 is 0. The summed E-state index contributed by atoms with van der Waals surface area (Å²) in [6.07, 6.45) is 0. The van der Waals surface area contributed by atoms with E-state index in [1.165, 1.54) is 0 Å². The highest BCUT2D eigenvalue weighted by molar-refractivity contribution is 6.00. The van der Waals surface area contributed by atoms with E-state index < -0.39 is 0 Å². The predicted molar refractivity (Wildman–Crippen MR) is 82.9 cm³/mol. The molecule has 0 saturated carbocycles. The van der Waals surface area contributed by atoms with Crippen molar-refractivity contribution >= 4 is 22.5 Å². The number of nitrogens with two attached hydrogens (primary N) is 1. The zero-order valence-electron chi connectivity index (χ0n) is 12.2. The number of nitrogen functional groups attached to an aromatic ring is 1. The molecule has 0 fully saturated rings. The van der Waals surface area contributed by atoms with E-state index >= 15 is 0 Å². The number of amides is 1. The van der Waals surface area contributed by atoms with Gasteiger partial charge in [-0.1, -0.05) is 31.2 Å². The van der Waals surface area contributed by atoms with Crippen molar-refractivity contribution in [2.24, 2.45) is 11.8 Å². The lowest BCUT2D eigenvalue weighted by atomic mass is 10.1. The zero-order chi connectivity index (χ0) is 15.2. The summed E-state index contributed by atoms with van der Waals surface area (Å²) in [6, 6.07) is 9.39. The summed E-state index contributed by atoms with van der Waals surface area (Å²) in [5.41, 5.74) is 2.88. The van der Waals surface area contributed by atoms with E-state index in [0.29, 0.717) is 24.7 Å². The quantitative estimate of drug-likeness (QED) is 0.554. The summed E-state index contributed by atoms with van der Waals surface area (Å²) in [5.74, 6) is 6.00. The molecule has 21 heavy (non-hydrogen) atoms. The molecule has 0 saturated heterocycles. The van der Waals surface area contributed by atoms with Crippen LogP contribution in [-0.4, -0.2) is 31.2 Å². The molecule has 1 atom stereocenters. The highest BCUT2D eigenvalue weighted by atomic mass is 16.5. The van der Waals surface area contributed by atoms with Gasteiger partial charge in [-0.25, -0.2) is 10.8 Å². The van der Waals surface area contributed by atoms with Gasteiger partial charge in [0.25, 0.3) is 5.91 Å². The van der Waals surface area contributed by atoms with Gasteiger partial charge >= 0.3 is 0 Å². The molecule has 0 aliphatic carbocycles. The van der Waals surface area contributed by atoms with Crippen LogP contribution in [0.1, 0.15) is 17.4 Å². The summed E-state index contributed by atoms with van der Waals surface area (Å²) in [7, 11) is 1.64. The maximum atomic E-state index is 12.2. The Morgan fingerprint density at radius 1 is 1.43 bits per heavy atom. The third kappa shape index (κ3) is 3.68. The molecule has 0 bridgehead atoms. The fourth-order valence-corrected chi connectivity index (χ4v) is 2.13. The topological polar surface area (TPSA) is 89.3 Å². The minimum Gasteiger partial charge on any atom is -0.384 e. The fraction of sp³-hybridized carbons (Fsp3) is 0.333. The first kappa shape index (κ1) is 15.2. The molecule has 0 aliphatic rings. The Hall–Kier alpha value is -2.18. The number of carbonyl (C=O) groups is 1. The number of carbonyl (C=O) groups excluding carboxylic acids is 1. The zero-order valence-corrected chi connectivity index (χ0v) is 12.2. The Balaban J connectivity index is 2.19. The highest BCUT2D eigenvalue weighted by Gasteiger charge is 2.12. The third-order valence-corrected chi connectivity index (χ3v) is 3.17. The molecule has 1 aromatic carbocycles. The van der Waals surface area contributed by atoms with Crippen LogP contribution in [0.25, 0.3) is 10.8 Å². The van der Waals surface area contributed by atoms with Gasteiger partial charge in [-0.05, 0) is 17.4 Å². The Labute approximate surface area is 123 Å². The van der Waals surface area contributed by atoms with Crippen LogP contribution in [0.15, 0.2) is 30.3 Å². The van der Waals surface area contributed by atoms with Crippen molar-refractivity contribution in [3.8, 4) is 0 Å².